The standard InChI is InChI=1S/C8H4ClF2NO5S/c9-18(16,17)7-4(3-13)1-2-5(12(14)15)6(7)8(10)11/h1-3,8H. The van der Waals surface area contributed by atoms with E-state index in [1.165, 1.54) is 0 Å². The summed E-state index contributed by atoms with van der Waals surface area (Å²) in [4.78, 5) is 18.7. The predicted molar refractivity (Wildman–Crippen MR) is 56.5 cm³/mol. The van der Waals surface area contributed by atoms with E-state index in [4.69, 9.17) is 10.7 Å². The van der Waals surface area contributed by atoms with Crippen LogP contribution in [-0.4, -0.2) is 19.6 Å². The van der Waals surface area contributed by atoms with Crippen molar-refractivity contribution in [2.45, 2.75) is 11.3 Å². The number of nitro benzene ring substituents is 1. The average molecular weight is 300 g/mol. The first-order valence-electron chi connectivity index (χ1n) is 4.19. The molecule has 18 heavy (non-hydrogen) atoms. The molecule has 1 rings (SSSR count). The van der Waals surface area contributed by atoms with Crippen molar-refractivity contribution in [2.24, 2.45) is 0 Å². The van der Waals surface area contributed by atoms with Crippen LogP contribution in [0.15, 0.2) is 17.0 Å². The minimum Gasteiger partial charge on any atom is -0.298 e. The molecule has 1 aromatic carbocycles. The van der Waals surface area contributed by atoms with Gasteiger partial charge in [-0.2, -0.15) is 0 Å². The number of hydrogen-bond acceptors (Lipinski definition) is 5. The maximum Gasteiger partial charge on any atom is 0.279 e. The Labute approximate surface area is 104 Å². The molecule has 1 aromatic rings. The Morgan fingerprint density at radius 2 is 1.94 bits per heavy atom. The van der Waals surface area contributed by atoms with Crippen molar-refractivity contribution >= 4 is 31.7 Å². The van der Waals surface area contributed by atoms with Crippen molar-refractivity contribution in [2.75, 3.05) is 0 Å². The van der Waals surface area contributed by atoms with Crippen LogP contribution in [0, 0.1) is 10.1 Å². The van der Waals surface area contributed by atoms with Crippen LogP contribution in [-0.2, 0) is 9.05 Å². The maximum atomic E-state index is 12.8. The molecule has 0 saturated heterocycles. The van der Waals surface area contributed by atoms with Gasteiger partial charge < -0.3 is 0 Å². The summed E-state index contributed by atoms with van der Waals surface area (Å²) in [6.45, 7) is 0. The van der Waals surface area contributed by atoms with Crippen LogP contribution in [0.25, 0.3) is 0 Å². The first-order chi connectivity index (χ1) is 8.20. The van der Waals surface area contributed by atoms with Gasteiger partial charge in [-0.3, -0.25) is 14.9 Å². The zero-order chi connectivity index (χ0) is 14.1. The van der Waals surface area contributed by atoms with Gasteiger partial charge >= 0.3 is 0 Å². The molecule has 0 spiro atoms. The third kappa shape index (κ3) is 2.62. The van der Waals surface area contributed by atoms with Crippen LogP contribution in [0.4, 0.5) is 14.5 Å². The van der Waals surface area contributed by atoms with Gasteiger partial charge in [-0.15, -0.1) is 0 Å². The van der Waals surface area contributed by atoms with E-state index in [9.17, 15) is 32.1 Å². The second kappa shape index (κ2) is 4.94. The van der Waals surface area contributed by atoms with Crippen LogP contribution in [0.1, 0.15) is 22.3 Å². The normalized spacial score (nSPS) is 11.6. The van der Waals surface area contributed by atoms with E-state index in [2.05, 4.69) is 0 Å². The molecule has 0 saturated carbocycles. The predicted octanol–water partition coefficient (Wildman–Crippen LogP) is 2.27. The number of carbonyl (C=O) groups is 1. The van der Waals surface area contributed by atoms with Gasteiger partial charge in [0, 0.05) is 22.3 Å². The fourth-order valence-corrected chi connectivity index (χ4v) is 2.71. The number of nitro groups is 1. The lowest BCUT2D eigenvalue weighted by Crippen LogP contribution is -2.07. The Hall–Kier alpha value is -1.61. The number of carbonyl (C=O) groups excluding carboxylic acids is 1. The van der Waals surface area contributed by atoms with Crippen LogP contribution in [0.2, 0.25) is 0 Å². The Balaban J connectivity index is 3.88. The molecule has 0 aromatic heterocycles. The molecule has 0 heterocycles. The Kier molecular flexibility index (Phi) is 3.97. The molecule has 98 valence electrons. The van der Waals surface area contributed by atoms with Gasteiger partial charge in [-0.05, 0) is 6.07 Å². The maximum absolute atomic E-state index is 12.8. The molecule has 0 bridgehead atoms. The zero-order valence-corrected chi connectivity index (χ0v) is 9.91. The fraction of sp³-hybridized carbons (Fsp3) is 0.125. The molecular formula is C8H4ClF2NO5S. The van der Waals surface area contributed by atoms with Crippen LogP contribution in [0.5, 0.6) is 0 Å². The lowest BCUT2D eigenvalue weighted by molar-refractivity contribution is -0.386. The van der Waals surface area contributed by atoms with Crippen molar-refractivity contribution in [1.82, 2.24) is 0 Å². The largest absolute Gasteiger partial charge is 0.298 e. The second-order valence-corrected chi connectivity index (χ2v) is 5.53. The van der Waals surface area contributed by atoms with Gasteiger partial charge in [0.15, 0.2) is 6.29 Å². The SMILES string of the molecule is O=Cc1ccc([N+](=O)[O-])c(C(F)F)c1S(=O)(=O)Cl. The topological polar surface area (TPSA) is 94.3 Å². The summed E-state index contributed by atoms with van der Waals surface area (Å²) in [6, 6.07) is 1.36. The third-order valence-electron chi connectivity index (χ3n) is 1.99. The Bertz CT molecular complexity index is 616. The fourth-order valence-electron chi connectivity index (χ4n) is 1.34. The number of alkyl halides is 2. The van der Waals surface area contributed by atoms with E-state index in [1.54, 1.807) is 0 Å². The molecular weight excluding hydrogens is 296 g/mol. The number of hydrogen-bond donors (Lipinski definition) is 0. The summed E-state index contributed by atoms with van der Waals surface area (Å²) in [5, 5.41) is 10.6. The highest BCUT2D eigenvalue weighted by Gasteiger charge is 2.33. The van der Waals surface area contributed by atoms with Gasteiger partial charge in [0.1, 0.15) is 10.5 Å². The summed E-state index contributed by atoms with van der Waals surface area (Å²) >= 11 is 0. The summed E-state index contributed by atoms with van der Waals surface area (Å²) in [5.41, 5.74) is -3.17. The Morgan fingerprint density at radius 1 is 1.39 bits per heavy atom. The lowest BCUT2D eigenvalue weighted by Gasteiger charge is -2.08. The average Bonchev–Trinajstić information content (AvgIpc) is 2.25. The molecule has 0 N–H and O–H groups in total. The number of halogens is 3. The third-order valence-corrected chi connectivity index (χ3v) is 3.40. The molecule has 0 radical (unpaired) electrons. The van der Waals surface area contributed by atoms with Gasteiger partial charge in [-0.1, -0.05) is 0 Å². The highest BCUT2D eigenvalue weighted by molar-refractivity contribution is 8.13. The number of nitrogens with zero attached hydrogens (tertiary/aromatic N) is 1. The number of benzene rings is 1. The second-order valence-electron chi connectivity index (χ2n) is 3.03. The van der Waals surface area contributed by atoms with E-state index >= 15 is 0 Å². The highest BCUT2D eigenvalue weighted by Crippen LogP contribution is 2.37. The Morgan fingerprint density at radius 3 is 2.28 bits per heavy atom. The van der Waals surface area contributed by atoms with Crippen molar-refractivity contribution < 1.29 is 26.9 Å². The summed E-state index contributed by atoms with van der Waals surface area (Å²) in [7, 11) is 0.205. The quantitative estimate of drug-likeness (QED) is 0.368. The van der Waals surface area contributed by atoms with Crippen LogP contribution < -0.4 is 0 Å². The van der Waals surface area contributed by atoms with E-state index in [0.717, 1.165) is 6.07 Å². The minimum atomic E-state index is -4.72. The monoisotopic (exact) mass is 299 g/mol. The summed E-state index contributed by atoms with van der Waals surface area (Å²) in [6.07, 6.45) is -3.49. The smallest absolute Gasteiger partial charge is 0.279 e. The lowest BCUT2D eigenvalue weighted by atomic mass is 10.1. The molecule has 0 amide bonds. The molecule has 6 nitrogen and oxygen atoms in total. The van der Waals surface area contributed by atoms with Crippen molar-refractivity contribution in [3.05, 3.63) is 33.4 Å². The first-order valence-corrected chi connectivity index (χ1v) is 6.50. The number of rotatable bonds is 4. The van der Waals surface area contributed by atoms with E-state index in [0.29, 0.717) is 6.07 Å². The molecule has 0 aliphatic rings. The number of aldehydes is 1. The molecule has 0 aliphatic carbocycles. The minimum absolute atomic E-state index is 0.0229. The van der Waals surface area contributed by atoms with Crippen LogP contribution in [0.3, 0.4) is 0 Å². The van der Waals surface area contributed by atoms with Crippen LogP contribution >= 0.6 is 10.7 Å². The molecule has 0 atom stereocenters. The van der Waals surface area contributed by atoms with Crippen molar-refractivity contribution in [1.29, 1.82) is 0 Å². The van der Waals surface area contributed by atoms with Gasteiger partial charge in [0.05, 0.1) is 4.92 Å². The summed E-state index contributed by atoms with van der Waals surface area (Å²) in [5.74, 6) is 0. The van der Waals surface area contributed by atoms with Gasteiger partial charge in [0.25, 0.3) is 21.2 Å². The molecule has 10 heteroatoms. The highest BCUT2D eigenvalue weighted by atomic mass is 35.7. The van der Waals surface area contributed by atoms with Gasteiger partial charge in [-0.25, -0.2) is 17.2 Å². The van der Waals surface area contributed by atoms with E-state index in [1.807, 2.05) is 0 Å². The molecule has 0 aliphatic heterocycles. The zero-order valence-electron chi connectivity index (χ0n) is 8.34. The van der Waals surface area contributed by atoms with Crippen molar-refractivity contribution in [3.8, 4) is 0 Å². The first kappa shape index (κ1) is 14.5. The summed E-state index contributed by atoms with van der Waals surface area (Å²) < 4.78 is 47.8. The molecule has 0 unspecified atom stereocenters. The van der Waals surface area contributed by atoms with E-state index < -0.39 is 42.1 Å². The van der Waals surface area contributed by atoms with Crippen molar-refractivity contribution in [3.63, 3.8) is 0 Å². The molecule has 0 fully saturated rings. The van der Waals surface area contributed by atoms with Gasteiger partial charge in [0.2, 0.25) is 0 Å². The van der Waals surface area contributed by atoms with E-state index in [-0.39, 0.29) is 6.29 Å².